The van der Waals surface area contributed by atoms with Crippen molar-refractivity contribution in [3.05, 3.63) is 24.3 Å². The maximum Gasteiger partial charge on any atom is 0.195 e. The largest absolute Gasteiger partial charge is 0.383 e. The summed E-state index contributed by atoms with van der Waals surface area (Å²) in [4.78, 5) is 5.57. The third-order valence-corrected chi connectivity index (χ3v) is 3.15. The minimum absolute atomic E-state index is 0.529. The summed E-state index contributed by atoms with van der Waals surface area (Å²) in [6.45, 7) is 2.45. The van der Waals surface area contributed by atoms with E-state index < -0.39 is 0 Å². The molecule has 0 aliphatic rings. The van der Waals surface area contributed by atoms with Crippen LogP contribution in [0, 0.1) is 0 Å². The Morgan fingerprint density at radius 1 is 1.42 bits per heavy atom. The first-order chi connectivity index (χ1) is 9.31. The number of hydrogen-bond acceptors (Lipinski definition) is 4. The van der Waals surface area contributed by atoms with Gasteiger partial charge in [-0.3, -0.25) is 4.99 Å². The summed E-state index contributed by atoms with van der Waals surface area (Å²) in [7, 11) is 1.68. The molecule has 0 aliphatic carbocycles. The Morgan fingerprint density at radius 2 is 2.21 bits per heavy atom. The van der Waals surface area contributed by atoms with Gasteiger partial charge in [-0.05, 0) is 18.4 Å². The number of rotatable bonds is 7. The minimum Gasteiger partial charge on any atom is -0.383 e. The maximum absolute atomic E-state index is 5.49. The first kappa shape index (κ1) is 15.8. The lowest BCUT2D eigenvalue weighted by Gasteiger charge is -2.14. The van der Waals surface area contributed by atoms with Crippen molar-refractivity contribution >= 4 is 23.4 Å². The number of para-hydroxylation sites is 1. The van der Waals surface area contributed by atoms with Crippen LogP contribution in [0.2, 0.25) is 0 Å². The SMILES string of the molecule is COCCNC(=NCCN)Nc1ccccc1SC. The molecule has 0 unspecified atom stereocenters. The summed E-state index contributed by atoms with van der Waals surface area (Å²) in [6, 6.07) is 8.12. The van der Waals surface area contributed by atoms with Crippen molar-refractivity contribution in [1.29, 1.82) is 0 Å². The Morgan fingerprint density at radius 3 is 2.89 bits per heavy atom. The van der Waals surface area contributed by atoms with Crippen LogP contribution < -0.4 is 16.4 Å². The Kier molecular flexibility index (Phi) is 8.04. The monoisotopic (exact) mass is 282 g/mol. The third-order valence-electron chi connectivity index (χ3n) is 2.36. The predicted octanol–water partition coefficient (Wildman–Crippen LogP) is 1.37. The lowest BCUT2D eigenvalue weighted by molar-refractivity contribution is 0.204. The molecule has 0 radical (unpaired) electrons. The van der Waals surface area contributed by atoms with Gasteiger partial charge in [-0.15, -0.1) is 11.8 Å². The summed E-state index contributed by atoms with van der Waals surface area (Å²) < 4.78 is 5.02. The van der Waals surface area contributed by atoms with Gasteiger partial charge < -0.3 is 21.1 Å². The van der Waals surface area contributed by atoms with Crippen molar-refractivity contribution in [3.63, 3.8) is 0 Å². The average molecular weight is 282 g/mol. The Labute approximate surface area is 119 Å². The van der Waals surface area contributed by atoms with E-state index in [1.54, 1.807) is 18.9 Å². The minimum atomic E-state index is 0.529. The molecule has 0 spiro atoms. The number of hydrogen-bond donors (Lipinski definition) is 3. The van der Waals surface area contributed by atoms with Gasteiger partial charge in [-0.2, -0.15) is 0 Å². The van der Waals surface area contributed by atoms with E-state index in [1.807, 2.05) is 18.2 Å². The summed E-state index contributed by atoms with van der Waals surface area (Å²) in [6.07, 6.45) is 2.05. The highest BCUT2D eigenvalue weighted by Gasteiger charge is 2.03. The van der Waals surface area contributed by atoms with E-state index in [1.165, 1.54) is 4.90 Å². The molecule has 1 aromatic carbocycles. The zero-order chi connectivity index (χ0) is 13.9. The summed E-state index contributed by atoms with van der Waals surface area (Å²) in [5.41, 5.74) is 6.53. The molecule has 0 saturated heterocycles. The zero-order valence-electron chi connectivity index (χ0n) is 11.5. The van der Waals surface area contributed by atoms with E-state index in [9.17, 15) is 0 Å². The van der Waals surface area contributed by atoms with Gasteiger partial charge in [0.2, 0.25) is 0 Å². The fourth-order valence-corrected chi connectivity index (χ4v) is 2.02. The standard InChI is InChI=1S/C13H22N4OS/c1-18-10-9-16-13(15-8-7-14)17-11-5-3-4-6-12(11)19-2/h3-6H,7-10,14H2,1-2H3,(H2,15,16,17). The summed E-state index contributed by atoms with van der Waals surface area (Å²) in [5.74, 6) is 0.726. The Bertz CT molecular complexity index is 398. The molecule has 6 heteroatoms. The molecule has 0 aromatic heterocycles. The smallest absolute Gasteiger partial charge is 0.195 e. The number of nitrogens with zero attached hydrogens (tertiary/aromatic N) is 1. The molecule has 0 heterocycles. The third kappa shape index (κ3) is 5.96. The number of benzene rings is 1. The number of nitrogens with two attached hydrogens (primary N) is 1. The van der Waals surface area contributed by atoms with E-state index >= 15 is 0 Å². The molecule has 1 rings (SSSR count). The highest BCUT2D eigenvalue weighted by atomic mass is 32.2. The van der Waals surface area contributed by atoms with Crippen LogP contribution in [0.3, 0.4) is 0 Å². The Hall–Kier alpha value is -1.24. The fraction of sp³-hybridized carbons (Fsp3) is 0.462. The molecule has 0 amide bonds. The van der Waals surface area contributed by atoms with Gasteiger partial charge >= 0.3 is 0 Å². The molecule has 4 N–H and O–H groups in total. The fourth-order valence-electron chi connectivity index (χ4n) is 1.46. The molecule has 5 nitrogen and oxygen atoms in total. The second-order valence-electron chi connectivity index (χ2n) is 3.76. The highest BCUT2D eigenvalue weighted by molar-refractivity contribution is 7.98. The first-order valence-corrected chi connectivity index (χ1v) is 7.41. The van der Waals surface area contributed by atoms with Crippen molar-refractivity contribution in [2.75, 3.05) is 44.9 Å². The number of guanidine groups is 1. The Balaban J connectivity index is 2.70. The van der Waals surface area contributed by atoms with Crippen molar-refractivity contribution in [2.24, 2.45) is 10.7 Å². The highest BCUT2D eigenvalue weighted by Crippen LogP contribution is 2.24. The normalized spacial score (nSPS) is 11.4. The number of thioether (sulfide) groups is 1. The molecule has 0 saturated carbocycles. The van der Waals surface area contributed by atoms with Crippen molar-refractivity contribution in [3.8, 4) is 0 Å². The molecule has 0 bridgehead atoms. The van der Waals surface area contributed by atoms with Gasteiger partial charge in [0, 0.05) is 25.1 Å². The summed E-state index contributed by atoms with van der Waals surface area (Å²) >= 11 is 1.69. The van der Waals surface area contributed by atoms with E-state index in [0.29, 0.717) is 26.2 Å². The topological polar surface area (TPSA) is 71.7 Å². The quantitative estimate of drug-likeness (QED) is 0.305. The van der Waals surface area contributed by atoms with Gasteiger partial charge in [-0.25, -0.2) is 0 Å². The predicted molar refractivity (Wildman–Crippen MR) is 83.1 cm³/mol. The lowest BCUT2D eigenvalue weighted by Crippen LogP contribution is -2.34. The second-order valence-corrected chi connectivity index (χ2v) is 4.61. The van der Waals surface area contributed by atoms with Gasteiger partial charge in [0.25, 0.3) is 0 Å². The van der Waals surface area contributed by atoms with Gasteiger partial charge in [0.15, 0.2) is 5.96 Å². The average Bonchev–Trinajstić information content (AvgIpc) is 2.45. The van der Waals surface area contributed by atoms with Crippen LogP contribution in [-0.4, -0.2) is 45.6 Å². The van der Waals surface area contributed by atoms with E-state index in [2.05, 4.69) is 27.9 Å². The number of methoxy groups -OCH3 is 1. The van der Waals surface area contributed by atoms with Crippen molar-refractivity contribution < 1.29 is 4.74 Å². The van der Waals surface area contributed by atoms with Crippen LogP contribution in [0.15, 0.2) is 34.2 Å². The van der Waals surface area contributed by atoms with Gasteiger partial charge in [-0.1, -0.05) is 12.1 Å². The molecule has 1 aromatic rings. The van der Waals surface area contributed by atoms with E-state index in [0.717, 1.165) is 11.6 Å². The number of anilines is 1. The van der Waals surface area contributed by atoms with Crippen LogP contribution in [0.5, 0.6) is 0 Å². The van der Waals surface area contributed by atoms with Crippen LogP contribution >= 0.6 is 11.8 Å². The number of nitrogens with one attached hydrogen (secondary N) is 2. The van der Waals surface area contributed by atoms with Crippen LogP contribution in [0.1, 0.15) is 0 Å². The lowest BCUT2D eigenvalue weighted by atomic mass is 10.3. The van der Waals surface area contributed by atoms with Crippen LogP contribution in [0.25, 0.3) is 0 Å². The second kappa shape index (κ2) is 9.66. The number of ether oxygens (including phenoxy) is 1. The summed E-state index contributed by atoms with van der Waals surface area (Å²) in [5, 5.41) is 6.50. The van der Waals surface area contributed by atoms with E-state index in [4.69, 9.17) is 10.5 Å². The van der Waals surface area contributed by atoms with Gasteiger partial charge in [0.1, 0.15) is 0 Å². The first-order valence-electron chi connectivity index (χ1n) is 6.19. The molecule has 19 heavy (non-hydrogen) atoms. The maximum atomic E-state index is 5.49. The van der Waals surface area contributed by atoms with Crippen molar-refractivity contribution in [2.45, 2.75) is 4.90 Å². The molecule has 0 aliphatic heterocycles. The molecular weight excluding hydrogens is 260 g/mol. The van der Waals surface area contributed by atoms with Crippen LogP contribution in [0.4, 0.5) is 5.69 Å². The van der Waals surface area contributed by atoms with E-state index in [-0.39, 0.29) is 0 Å². The molecule has 0 fully saturated rings. The van der Waals surface area contributed by atoms with Crippen LogP contribution in [-0.2, 0) is 4.74 Å². The zero-order valence-corrected chi connectivity index (χ0v) is 12.3. The molecule has 106 valence electrons. The number of aliphatic imine (C=N–C) groups is 1. The molecule has 0 atom stereocenters. The van der Waals surface area contributed by atoms with Crippen molar-refractivity contribution in [1.82, 2.24) is 5.32 Å². The van der Waals surface area contributed by atoms with Gasteiger partial charge in [0.05, 0.1) is 18.8 Å². The molecular formula is C13H22N4OS.